The molecule has 4 aliphatic rings. The molecule has 4 atom stereocenters. The summed E-state index contributed by atoms with van der Waals surface area (Å²) in [5.41, 5.74) is 0.288. The summed E-state index contributed by atoms with van der Waals surface area (Å²) in [6, 6.07) is 0.692. The summed E-state index contributed by atoms with van der Waals surface area (Å²) in [5.74, 6) is -3.29. The first-order valence-electron chi connectivity index (χ1n) is 12.3. The first kappa shape index (κ1) is 28.7. The highest BCUT2D eigenvalue weighted by atomic mass is 32.2. The summed E-state index contributed by atoms with van der Waals surface area (Å²) >= 11 is 1.32. The van der Waals surface area contributed by atoms with Crippen LogP contribution in [0.4, 0.5) is 0 Å². The van der Waals surface area contributed by atoms with Crippen LogP contribution in [0, 0.1) is 0 Å². The number of β-lactam (4-membered cyclic amide) rings is 2. The summed E-state index contributed by atoms with van der Waals surface area (Å²) in [6.45, 7) is 3.44. The highest BCUT2D eigenvalue weighted by Gasteiger charge is 2.68. The first-order valence-corrected chi connectivity index (χ1v) is 14.9. The van der Waals surface area contributed by atoms with E-state index in [1.54, 1.807) is 13.0 Å². The number of rotatable bonds is 8. The monoisotopic (exact) mass is 610 g/mol. The first-order chi connectivity index (χ1) is 19.3. The number of carbonyl (C=O) groups excluding carboxylic acids is 5. The van der Waals surface area contributed by atoms with Crippen LogP contribution in [0.5, 0.6) is 0 Å². The van der Waals surface area contributed by atoms with E-state index in [4.69, 9.17) is 18.7 Å². The predicted octanol–water partition coefficient (Wildman–Crippen LogP) is -0.518. The van der Waals surface area contributed by atoms with E-state index >= 15 is 0 Å². The number of amides is 3. The van der Waals surface area contributed by atoms with Gasteiger partial charge in [0.25, 0.3) is 11.8 Å². The number of ether oxygens (including phenoxy) is 2. The van der Waals surface area contributed by atoms with E-state index in [0.717, 1.165) is 4.90 Å². The molecule has 4 unspecified atom stereocenters. The molecule has 0 aliphatic carbocycles. The smallest absolute Gasteiger partial charge is 0.357 e. The van der Waals surface area contributed by atoms with Crippen LogP contribution in [0.3, 0.4) is 0 Å². The maximum atomic E-state index is 13.0. The second-order valence-corrected chi connectivity index (χ2v) is 13.9. The van der Waals surface area contributed by atoms with Gasteiger partial charge in [0.2, 0.25) is 18.4 Å². The van der Waals surface area contributed by atoms with Crippen molar-refractivity contribution < 1.29 is 51.1 Å². The van der Waals surface area contributed by atoms with Crippen LogP contribution in [0.1, 0.15) is 33.0 Å². The standard InChI is InChI=1S/C24H26N4O11S2/c1-11-9-40-21-16(25-19(30)15(26-36-4)12-6-5-7-37-12)20(31)28(21)17(11)22(32)38-10-39-23(33)18-24(2,3)41(34,35)14-8-13(29)27(14)18/h5-7,14,16,18,21H,8-10H2,1-4H3,(H,25,30)/b26-15+. The van der Waals surface area contributed by atoms with Gasteiger partial charge in [0.15, 0.2) is 15.6 Å². The van der Waals surface area contributed by atoms with Crippen LogP contribution in [-0.4, -0.2) is 101 Å². The number of thioether (sulfide) groups is 1. The lowest BCUT2D eigenvalue weighted by Crippen LogP contribution is -2.71. The number of hydrogen-bond acceptors (Lipinski definition) is 13. The topological polar surface area (TPSA) is 191 Å². The lowest BCUT2D eigenvalue weighted by atomic mass is 9.98. The Kier molecular flexibility index (Phi) is 7.13. The van der Waals surface area contributed by atoms with E-state index < -0.39 is 73.9 Å². The molecule has 0 spiro atoms. The van der Waals surface area contributed by atoms with Gasteiger partial charge in [-0.3, -0.25) is 19.3 Å². The summed E-state index contributed by atoms with van der Waals surface area (Å²) < 4.78 is 39.2. The third-order valence-electron chi connectivity index (χ3n) is 7.38. The largest absolute Gasteiger partial charge is 0.462 e. The van der Waals surface area contributed by atoms with Crippen LogP contribution in [0.2, 0.25) is 0 Å². The lowest BCUT2D eigenvalue weighted by Gasteiger charge is -2.49. The van der Waals surface area contributed by atoms with E-state index in [2.05, 4.69) is 10.5 Å². The number of nitrogens with zero attached hydrogens (tertiary/aromatic N) is 3. The Morgan fingerprint density at radius 1 is 1.24 bits per heavy atom. The number of oxime groups is 1. The fourth-order valence-corrected chi connectivity index (χ4v) is 8.59. The van der Waals surface area contributed by atoms with Crippen molar-refractivity contribution in [2.75, 3.05) is 19.7 Å². The van der Waals surface area contributed by atoms with Gasteiger partial charge in [0.05, 0.1) is 17.4 Å². The van der Waals surface area contributed by atoms with Crippen molar-refractivity contribution in [2.45, 2.75) is 54.8 Å². The van der Waals surface area contributed by atoms with E-state index in [-0.39, 0.29) is 23.6 Å². The number of furan rings is 1. The predicted molar refractivity (Wildman–Crippen MR) is 139 cm³/mol. The van der Waals surface area contributed by atoms with Crippen molar-refractivity contribution in [3.8, 4) is 0 Å². The molecule has 5 heterocycles. The maximum absolute atomic E-state index is 13.0. The Bertz CT molecular complexity index is 1500. The minimum Gasteiger partial charge on any atom is -0.462 e. The molecule has 0 bridgehead atoms. The fourth-order valence-electron chi connectivity index (χ4n) is 5.17. The summed E-state index contributed by atoms with van der Waals surface area (Å²) in [5, 5.41) is 4.55. The fraction of sp³-hybridized carbons (Fsp3) is 0.500. The minimum atomic E-state index is -3.81. The Morgan fingerprint density at radius 3 is 2.61 bits per heavy atom. The Balaban J connectivity index is 1.21. The number of esters is 2. The molecule has 41 heavy (non-hydrogen) atoms. The van der Waals surface area contributed by atoms with Gasteiger partial charge in [-0.25, -0.2) is 18.0 Å². The molecule has 0 saturated carbocycles. The molecular formula is C24H26N4O11S2. The SMILES string of the molecule is CO/N=C(/C(=O)NC1C(=O)N2C(C(=O)OCOC(=O)C3N4C(=O)CC4S(=O)(=O)C3(C)C)=C(C)CSC12)c1ccco1. The highest BCUT2D eigenvalue weighted by molar-refractivity contribution is 8.00. The molecule has 0 radical (unpaired) electrons. The Labute approximate surface area is 238 Å². The van der Waals surface area contributed by atoms with Crippen molar-refractivity contribution in [1.29, 1.82) is 0 Å². The number of carbonyl (C=O) groups is 5. The minimum absolute atomic E-state index is 0.0566. The van der Waals surface area contributed by atoms with Crippen molar-refractivity contribution >= 4 is 57.0 Å². The Hall–Kier alpha value is -3.86. The molecule has 4 aliphatic heterocycles. The molecule has 220 valence electrons. The molecule has 1 N–H and O–H groups in total. The molecule has 15 nitrogen and oxygen atoms in total. The Morgan fingerprint density at radius 2 is 1.98 bits per heavy atom. The van der Waals surface area contributed by atoms with Crippen molar-refractivity contribution in [2.24, 2.45) is 5.16 Å². The summed E-state index contributed by atoms with van der Waals surface area (Å²) in [4.78, 5) is 70.5. The van der Waals surface area contributed by atoms with Gasteiger partial charge in [0.1, 0.15) is 35.6 Å². The number of nitrogens with one attached hydrogen (secondary N) is 1. The van der Waals surface area contributed by atoms with Gasteiger partial charge >= 0.3 is 11.9 Å². The second-order valence-electron chi connectivity index (χ2n) is 10.1. The van der Waals surface area contributed by atoms with Crippen molar-refractivity contribution in [3.05, 3.63) is 35.4 Å². The van der Waals surface area contributed by atoms with Gasteiger partial charge in [0, 0.05) is 5.75 Å². The summed E-state index contributed by atoms with van der Waals surface area (Å²) in [6.07, 6.45) is 1.15. The third kappa shape index (κ3) is 4.37. The van der Waals surface area contributed by atoms with Gasteiger partial charge in [-0.05, 0) is 38.5 Å². The zero-order valence-electron chi connectivity index (χ0n) is 22.3. The second kappa shape index (κ2) is 10.2. The number of fused-ring (bicyclic) bond motifs is 2. The average Bonchev–Trinajstić information content (AvgIpc) is 3.49. The van der Waals surface area contributed by atoms with Gasteiger partial charge in [-0.2, -0.15) is 0 Å². The van der Waals surface area contributed by atoms with Crippen LogP contribution >= 0.6 is 11.8 Å². The zero-order valence-corrected chi connectivity index (χ0v) is 23.9. The van der Waals surface area contributed by atoms with Crippen LogP contribution in [0.25, 0.3) is 0 Å². The van der Waals surface area contributed by atoms with E-state index in [1.807, 2.05) is 0 Å². The molecule has 3 saturated heterocycles. The molecule has 3 fully saturated rings. The molecule has 1 aromatic heterocycles. The van der Waals surface area contributed by atoms with E-state index in [1.165, 1.54) is 49.9 Å². The van der Waals surface area contributed by atoms with E-state index in [0.29, 0.717) is 11.3 Å². The van der Waals surface area contributed by atoms with Gasteiger partial charge in [-0.1, -0.05) is 5.16 Å². The van der Waals surface area contributed by atoms with Gasteiger partial charge < -0.3 is 28.9 Å². The van der Waals surface area contributed by atoms with Crippen LogP contribution in [-0.2, 0) is 48.1 Å². The van der Waals surface area contributed by atoms with Crippen molar-refractivity contribution in [1.82, 2.24) is 15.1 Å². The number of hydrogen-bond donors (Lipinski definition) is 1. The normalized spacial score (nSPS) is 27.8. The molecule has 17 heteroatoms. The third-order valence-corrected chi connectivity index (χ3v) is 11.6. The molecule has 1 aromatic rings. The van der Waals surface area contributed by atoms with Gasteiger partial charge in [-0.15, -0.1) is 11.8 Å². The summed E-state index contributed by atoms with van der Waals surface area (Å²) in [7, 11) is -2.56. The quantitative estimate of drug-likeness (QED) is 0.130. The molecular weight excluding hydrogens is 584 g/mol. The molecule has 0 aromatic carbocycles. The van der Waals surface area contributed by atoms with Crippen molar-refractivity contribution in [3.63, 3.8) is 0 Å². The zero-order chi connectivity index (χ0) is 29.9. The maximum Gasteiger partial charge on any atom is 0.357 e. The average molecular weight is 611 g/mol. The molecule has 3 amide bonds. The number of sulfone groups is 1. The van der Waals surface area contributed by atoms with E-state index in [9.17, 15) is 32.4 Å². The highest BCUT2D eigenvalue weighted by Crippen LogP contribution is 2.46. The lowest BCUT2D eigenvalue weighted by molar-refractivity contribution is -0.175. The van der Waals surface area contributed by atoms with Crippen LogP contribution < -0.4 is 5.32 Å². The molecule has 5 rings (SSSR count). The van der Waals surface area contributed by atoms with Crippen LogP contribution in [0.15, 0.2) is 39.2 Å².